The van der Waals surface area contributed by atoms with Crippen LogP contribution in [0.2, 0.25) is 0 Å². The predicted molar refractivity (Wildman–Crippen MR) is 94.3 cm³/mol. The molecule has 2 aromatic carbocycles. The molecular weight excluding hydrogens is 268 g/mol. The summed E-state index contributed by atoms with van der Waals surface area (Å²) in [5, 5.41) is 9.42. The predicted octanol–water partition coefficient (Wildman–Crippen LogP) is 5.91. The van der Waals surface area contributed by atoms with Crippen LogP contribution in [0.5, 0.6) is 5.75 Å². The first-order valence-corrected chi connectivity index (χ1v) is 8.66. The van der Waals surface area contributed by atoms with Crippen molar-refractivity contribution in [2.45, 2.75) is 57.8 Å². The number of hydrogen-bond donors (Lipinski definition) is 1. The van der Waals surface area contributed by atoms with Gasteiger partial charge in [-0.25, -0.2) is 0 Å². The molecule has 0 aliphatic rings. The van der Waals surface area contributed by atoms with Gasteiger partial charge in [-0.3, -0.25) is 0 Å². The van der Waals surface area contributed by atoms with Crippen molar-refractivity contribution in [3.8, 4) is 5.75 Å². The van der Waals surface area contributed by atoms with Crippen molar-refractivity contribution in [2.75, 3.05) is 0 Å². The van der Waals surface area contributed by atoms with Gasteiger partial charge in [-0.15, -0.1) is 0 Å². The molecule has 0 saturated carbocycles. The monoisotopic (exact) mass is 296 g/mol. The molecule has 0 heterocycles. The van der Waals surface area contributed by atoms with E-state index >= 15 is 0 Å². The van der Waals surface area contributed by atoms with Gasteiger partial charge in [0.25, 0.3) is 0 Å². The highest BCUT2D eigenvalue weighted by Gasteiger charge is 1.96. The molecule has 0 unspecified atom stereocenters. The van der Waals surface area contributed by atoms with Gasteiger partial charge in [0.15, 0.2) is 0 Å². The first-order valence-electron chi connectivity index (χ1n) is 8.66. The minimum absolute atomic E-state index is 0.385. The molecule has 22 heavy (non-hydrogen) atoms. The summed E-state index contributed by atoms with van der Waals surface area (Å²) < 4.78 is 0. The molecule has 0 aromatic heterocycles. The molecule has 0 saturated heterocycles. The summed E-state index contributed by atoms with van der Waals surface area (Å²) in [6.45, 7) is 0. The molecule has 0 radical (unpaired) electrons. The molecule has 1 N–H and O–H groups in total. The largest absolute Gasteiger partial charge is 0.508 e. The van der Waals surface area contributed by atoms with Crippen molar-refractivity contribution in [3.05, 3.63) is 65.7 Å². The topological polar surface area (TPSA) is 20.2 Å². The average molecular weight is 296 g/mol. The lowest BCUT2D eigenvalue weighted by Crippen LogP contribution is -1.87. The molecule has 2 aromatic rings. The number of aromatic hydroxyl groups is 1. The molecule has 0 fully saturated rings. The van der Waals surface area contributed by atoms with E-state index in [1.54, 1.807) is 6.07 Å². The van der Waals surface area contributed by atoms with E-state index in [9.17, 15) is 5.11 Å². The number of hydrogen-bond acceptors (Lipinski definition) is 1. The highest BCUT2D eigenvalue weighted by Crippen LogP contribution is 2.15. The zero-order valence-electron chi connectivity index (χ0n) is 13.5. The molecule has 0 amide bonds. The second-order valence-electron chi connectivity index (χ2n) is 6.13. The maximum absolute atomic E-state index is 9.42. The van der Waals surface area contributed by atoms with Gasteiger partial charge < -0.3 is 5.11 Å². The first kappa shape index (κ1) is 16.6. The van der Waals surface area contributed by atoms with Crippen LogP contribution in [0, 0.1) is 0 Å². The van der Waals surface area contributed by atoms with Gasteiger partial charge in [-0.05, 0) is 48.9 Å². The van der Waals surface area contributed by atoms with E-state index in [1.165, 1.54) is 62.5 Å². The average Bonchev–Trinajstić information content (AvgIpc) is 2.54. The number of benzene rings is 2. The van der Waals surface area contributed by atoms with Crippen LogP contribution in [0.4, 0.5) is 0 Å². The van der Waals surface area contributed by atoms with Crippen LogP contribution in [0.25, 0.3) is 0 Å². The number of phenols is 1. The molecule has 0 spiro atoms. The van der Waals surface area contributed by atoms with Crippen molar-refractivity contribution in [1.29, 1.82) is 0 Å². The summed E-state index contributed by atoms with van der Waals surface area (Å²) in [6, 6.07) is 18.4. The molecule has 0 aliphatic heterocycles. The van der Waals surface area contributed by atoms with Crippen molar-refractivity contribution in [3.63, 3.8) is 0 Å². The Balaban J connectivity index is 1.43. The van der Waals surface area contributed by atoms with E-state index < -0.39 is 0 Å². The van der Waals surface area contributed by atoms with E-state index in [4.69, 9.17) is 0 Å². The van der Waals surface area contributed by atoms with E-state index in [2.05, 4.69) is 36.4 Å². The smallest absolute Gasteiger partial charge is 0.115 e. The molecular formula is C21H28O. The van der Waals surface area contributed by atoms with Crippen LogP contribution in [-0.2, 0) is 12.8 Å². The normalized spacial score (nSPS) is 10.7. The SMILES string of the molecule is Oc1cccc(CCCCCCCCCc2ccccc2)c1. The Morgan fingerprint density at radius 2 is 1.09 bits per heavy atom. The van der Waals surface area contributed by atoms with Crippen LogP contribution < -0.4 is 0 Å². The number of aryl methyl sites for hydroxylation is 2. The number of phenolic OH excluding ortho intramolecular Hbond substituents is 1. The lowest BCUT2D eigenvalue weighted by atomic mass is 10.0. The van der Waals surface area contributed by atoms with E-state index in [1.807, 2.05) is 12.1 Å². The highest BCUT2D eigenvalue weighted by molar-refractivity contribution is 5.27. The van der Waals surface area contributed by atoms with Crippen molar-refractivity contribution in [2.24, 2.45) is 0 Å². The quantitative estimate of drug-likeness (QED) is 0.540. The van der Waals surface area contributed by atoms with Gasteiger partial charge in [-0.2, -0.15) is 0 Å². The summed E-state index contributed by atoms with van der Waals surface area (Å²) in [7, 11) is 0. The summed E-state index contributed by atoms with van der Waals surface area (Å²) in [5.74, 6) is 0.385. The molecule has 0 aliphatic carbocycles. The Labute approximate surface area is 135 Å². The van der Waals surface area contributed by atoms with Crippen LogP contribution in [0.1, 0.15) is 56.1 Å². The van der Waals surface area contributed by atoms with E-state index in [-0.39, 0.29) is 0 Å². The fraction of sp³-hybridized carbons (Fsp3) is 0.429. The third-order valence-corrected chi connectivity index (χ3v) is 4.18. The summed E-state index contributed by atoms with van der Waals surface area (Å²) in [5.41, 5.74) is 2.72. The molecule has 2 rings (SSSR count). The van der Waals surface area contributed by atoms with E-state index in [0.717, 1.165) is 6.42 Å². The fourth-order valence-electron chi connectivity index (χ4n) is 2.90. The first-order chi connectivity index (χ1) is 10.8. The van der Waals surface area contributed by atoms with Crippen LogP contribution >= 0.6 is 0 Å². The molecule has 1 nitrogen and oxygen atoms in total. The van der Waals surface area contributed by atoms with Gasteiger partial charge in [0, 0.05) is 0 Å². The van der Waals surface area contributed by atoms with E-state index in [0.29, 0.717) is 5.75 Å². The van der Waals surface area contributed by atoms with Crippen molar-refractivity contribution >= 4 is 0 Å². The summed E-state index contributed by atoms with van der Waals surface area (Å²) in [6.07, 6.45) is 11.6. The zero-order chi connectivity index (χ0) is 15.5. The zero-order valence-corrected chi connectivity index (χ0v) is 13.5. The maximum Gasteiger partial charge on any atom is 0.115 e. The third kappa shape index (κ3) is 6.80. The molecule has 118 valence electrons. The Morgan fingerprint density at radius 3 is 1.73 bits per heavy atom. The molecule has 0 atom stereocenters. The van der Waals surface area contributed by atoms with Crippen molar-refractivity contribution in [1.82, 2.24) is 0 Å². The summed E-state index contributed by atoms with van der Waals surface area (Å²) in [4.78, 5) is 0. The van der Waals surface area contributed by atoms with Gasteiger partial charge in [0.05, 0.1) is 0 Å². The Morgan fingerprint density at radius 1 is 0.545 bits per heavy atom. The second-order valence-corrected chi connectivity index (χ2v) is 6.13. The number of unbranched alkanes of at least 4 members (excludes halogenated alkanes) is 6. The van der Waals surface area contributed by atoms with Crippen LogP contribution in [-0.4, -0.2) is 5.11 Å². The fourth-order valence-corrected chi connectivity index (χ4v) is 2.90. The van der Waals surface area contributed by atoms with Gasteiger partial charge >= 0.3 is 0 Å². The lowest BCUT2D eigenvalue weighted by Gasteiger charge is -2.04. The minimum atomic E-state index is 0.385. The Hall–Kier alpha value is -1.76. The van der Waals surface area contributed by atoms with Crippen LogP contribution in [0.15, 0.2) is 54.6 Å². The van der Waals surface area contributed by atoms with Gasteiger partial charge in [-0.1, -0.05) is 74.6 Å². The lowest BCUT2D eigenvalue weighted by molar-refractivity contribution is 0.474. The molecule has 0 bridgehead atoms. The summed E-state index contributed by atoms with van der Waals surface area (Å²) >= 11 is 0. The highest BCUT2D eigenvalue weighted by atomic mass is 16.3. The van der Waals surface area contributed by atoms with Gasteiger partial charge in [0.2, 0.25) is 0 Å². The third-order valence-electron chi connectivity index (χ3n) is 4.18. The minimum Gasteiger partial charge on any atom is -0.508 e. The standard InChI is InChI=1S/C21H28O/c22-21-17-11-16-20(18-21)15-8-5-3-1-2-4-7-12-19-13-9-6-10-14-19/h6,9-11,13-14,16-18,22H,1-5,7-8,12,15H2. The maximum atomic E-state index is 9.42. The second kappa shape index (κ2) is 10.0. The Bertz CT molecular complexity index is 518. The molecule has 1 heteroatoms. The van der Waals surface area contributed by atoms with Gasteiger partial charge in [0.1, 0.15) is 5.75 Å². The number of rotatable bonds is 10. The van der Waals surface area contributed by atoms with Crippen LogP contribution in [0.3, 0.4) is 0 Å². The van der Waals surface area contributed by atoms with Crippen molar-refractivity contribution < 1.29 is 5.11 Å². The Kier molecular flexibility index (Phi) is 7.59.